The normalized spacial score (nSPS) is 14.3. The molecule has 0 aliphatic carbocycles. The number of benzene rings is 4. The largest absolute Gasteiger partial charge is 0.398 e. The molecule has 11 heteroatoms. The molecule has 2 aliphatic rings. The molecule has 5 amide bonds. The average molecular weight is 565 g/mol. The van der Waals surface area contributed by atoms with Crippen LogP contribution in [0.2, 0.25) is 0 Å². The molecule has 11 nitrogen and oxygen atoms in total. The van der Waals surface area contributed by atoms with E-state index in [4.69, 9.17) is 11.5 Å². The van der Waals surface area contributed by atoms with Crippen molar-refractivity contribution < 1.29 is 24.0 Å². The number of nitrogens with one attached hydrogen (secondary N) is 2. The minimum Gasteiger partial charge on any atom is -0.398 e. The number of carbonyl (C=O) groups excluding carboxylic acids is 5. The summed E-state index contributed by atoms with van der Waals surface area (Å²) in [5.41, 5.74) is 14.6. The highest BCUT2D eigenvalue weighted by molar-refractivity contribution is 6.28. The second-order valence-corrected chi connectivity index (χ2v) is 10.3. The fourth-order valence-corrected chi connectivity index (χ4v) is 5.64. The summed E-state index contributed by atoms with van der Waals surface area (Å²) in [5, 5.41) is 8.33. The number of hydrogen-bond donors (Lipinski definition) is 4. The minimum absolute atomic E-state index is 0.184. The number of anilines is 2. The van der Waals surface area contributed by atoms with Gasteiger partial charge in [0.1, 0.15) is 6.54 Å². The molecule has 42 heavy (non-hydrogen) atoms. The number of rotatable bonds is 9. The fraction of sp³-hybridized carbons (Fsp3) is 0.194. The van der Waals surface area contributed by atoms with Gasteiger partial charge in [0.05, 0.1) is 0 Å². The van der Waals surface area contributed by atoms with Crippen molar-refractivity contribution in [3.8, 4) is 0 Å². The molecule has 6 rings (SSSR count). The predicted molar refractivity (Wildman–Crippen MR) is 158 cm³/mol. The van der Waals surface area contributed by atoms with Crippen molar-refractivity contribution in [1.82, 2.24) is 20.4 Å². The van der Waals surface area contributed by atoms with Crippen LogP contribution in [0.5, 0.6) is 0 Å². The van der Waals surface area contributed by atoms with Gasteiger partial charge < -0.3 is 22.1 Å². The Bertz CT molecular complexity index is 1790. The summed E-state index contributed by atoms with van der Waals surface area (Å²) < 4.78 is 0. The summed E-state index contributed by atoms with van der Waals surface area (Å²) in [6.45, 7) is 0.978. The summed E-state index contributed by atoms with van der Waals surface area (Å²) in [7, 11) is 0. The van der Waals surface area contributed by atoms with Gasteiger partial charge in [-0.3, -0.25) is 33.8 Å². The van der Waals surface area contributed by atoms with Crippen molar-refractivity contribution in [1.29, 1.82) is 0 Å². The Labute approximate surface area is 240 Å². The van der Waals surface area contributed by atoms with Gasteiger partial charge in [0.2, 0.25) is 5.91 Å². The van der Waals surface area contributed by atoms with Crippen LogP contribution in [0.15, 0.2) is 60.7 Å². The number of carbonyl (C=O) groups is 5. The van der Waals surface area contributed by atoms with Gasteiger partial charge in [-0.1, -0.05) is 24.3 Å². The van der Waals surface area contributed by atoms with Crippen molar-refractivity contribution >= 4 is 62.5 Å². The van der Waals surface area contributed by atoms with Gasteiger partial charge in [0.25, 0.3) is 23.6 Å². The lowest BCUT2D eigenvalue weighted by molar-refractivity contribution is -0.121. The van der Waals surface area contributed by atoms with Gasteiger partial charge in [-0.05, 0) is 49.4 Å². The van der Waals surface area contributed by atoms with Crippen LogP contribution >= 0.6 is 0 Å². The van der Waals surface area contributed by atoms with Gasteiger partial charge >= 0.3 is 0 Å². The Kier molecular flexibility index (Phi) is 6.79. The van der Waals surface area contributed by atoms with Crippen LogP contribution in [0, 0.1) is 0 Å². The van der Waals surface area contributed by atoms with Crippen LogP contribution < -0.4 is 22.1 Å². The topological polar surface area (TPSA) is 168 Å². The molecule has 0 radical (unpaired) electrons. The number of amides is 5. The first-order valence-electron chi connectivity index (χ1n) is 13.6. The van der Waals surface area contributed by atoms with Gasteiger partial charge in [-0.2, -0.15) is 0 Å². The third-order valence-electron chi connectivity index (χ3n) is 7.72. The number of nitrogen functional groups attached to an aromatic ring is 2. The number of hydrogen-bond acceptors (Lipinski definition) is 8. The van der Waals surface area contributed by atoms with E-state index in [9.17, 15) is 24.0 Å². The SMILES string of the molecule is Nc1ccc2c3c(cccc13)C(=O)N(CCNCCCNC(=O)CN1C(=O)c3cccc4c(N)ccc(c34)C1=O)C2=O. The maximum absolute atomic E-state index is 13.0. The van der Waals surface area contributed by atoms with Gasteiger partial charge in [-0.15, -0.1) is 0 Å². The standard InChI is InChI=1S/C31H28N6O5/c32-23-10-8-21-26-17(23)4-1-6-19(26)28(39)36(29(21)40)15-14-34-12-3-13-35-25(38)16-37-30(41)20-7-2-5-18-24(33)11-9-22(27(18)20)31(37)42/h1-2,4-11,34H,3,12-16,32-33H2,(H,35,38). The van der Waals surface area contributed by atoms with Crippen LogP contribution in [0.25, 0.3) is 21.5 Å². The van der Waals surface area contributed by atoms with Gasteiger partial charge in [0, 0.05) is 74.8 Å². The van der Waals surface area contributed by atoms with Crippen molar-refractivity contribution in [2.75, 3.05) is 44.2 Å². The van der Waals surface area contributed by atoms with Crippen molar-refractivity contribution in [2.24, 2.45) is 0 Å². The molecule has 0 saturated heterocycles. The molecule has 4 aromatic carbocycles. The van der Waals surface area contributed by atoms with Gasteiger partial charge in [0.15, 0.2) is 0 Å². The highest BCUT2D eigenvalue weighted by Crippen LogP contribution is 2.34. The summed E-state index contributed by atoms with van der Waals surface area (Å²) in [6.07, 6.45) is 0.554. The first-order valence-corrected chi connectivity index (χ1v) is 13.6. The molecular formula is C31H28N6O5. The number of imide groups is 2. The fourth-order valence-electron chi connectivity index (χ4n) is 5.64. The lowest BCUT2D eigenvalue weighted by Gasteiger charge is -2.27. The molecule has 212 valence electrons. The van der Waals surface area contributed by atoms with Gasteiger partial charge in [-0.25, -0.2) is 0 Å². The van der Waals surface area contributed by atoms with E-state index in [0.717, 1.165) is 4.90 Å². The zero-order chi connectivity index (χ0) is 29.5. The summed E-state index contributed by atoms with van der Waals surface area (Å²) in [5.74, 6) is -2.25. The van der Waals surface area contributed by atoms with E-state index >= 15 is 0 Å². The molecule has 0 fully saturated rings. The Morgan fingerprint density at radius 1 is 0.619 bits per heavy atom. The Morgan fingerprint density at radius 2 is 1.12 bits per heavy atom. The third-order valence-corrected chi connectivity index (χ3v) is 7.72. The molecule has 6 N–H and O–H groups in total. The maximum Gasteiger partial charge on any atom is 0.261 e. The van der Waals surface area contributed by atoms with Crippen LogP contribution in [0.4, 0.5) is 11.4 Å². The minimum atomic E-state index is -0.537. The summed E-state index contributed by atoms with van der Waals surface area (Å²) >= 11 is 0. The highest BCUT2D eigenvalue weighted by Gasteiger charge is 2.35. The van der Waals surface area contributed by atoms with E-state index < -0.39 is 24.3 Å². The predicted octanol–water partition coefficient (Wildman–Crippen LogP) is 2.15. The van der Waals surface area contributed by atoms with Crippen LogP contribution in [0.1, 0.15) is 47.9 Å². The molecule has 0 saturated carbocycles. The molecule has 0 aromatic heterocycles. The van der Waals surface area contributed by atoms with Crippen LogP contribution in [-0.2, 0) is 4.79 Å². The third kappa shape index (κ3) is 4.40. The van der Waals surface area contributed by atoms with E-state index in [2.05, 4.69) is 10.6 Å². The molecule has 0 spiro atoms. The Morgan fingerprint density at radius 3 is 1.67 bits per heavy atom. The zero-order valence-electron chi connectivity index (χ0n) is 22.6. The molecule has 4 aromatic rings. The Balaban J connectivity index is 0.974. The van der Waals surface area contributed by atoms with Crippen molar-refractivity contribution in [3.63, 3.8) is 0 Å². The van der Waals surface area contributed by atoms with E-state index in [1.165, 1.54) is 4.90 Å². The maximum atomic E-state index is 13.0. The first kappa shape index (κ1) is 26.9. The quantitative estimate of drug-likeness (QED) is 0.136. The number of nitrogens with two attached hydrogens (primary N) is 2. The molecule has 0 unspecified atom stereocenters. The van der Waals surface area contributed by atoms with Crippen LogP contribution in [-0.4, -0.2) is 72.1 Å². The molecule has 2 heterocycles. The molecular weight excluding hydrogens is 536 g/mol. The molecule has 0 atom stereocenters. The summed E-state index contributed by atoms with van der Waals surface area (Å²) in [6, 6.07) is 16.8. The molecule has 2 aliphatic heterocycles. The smallest absolute Gasteiger partial charge is 0.261 e. The first-order chi connectivity index (χ1) is 20.3. The van der Waals surface area contributed by atoms with E-state index in [1.54, 1.807) is 60.7 Å². The Hall–Kier alpha value is -5.29. The monoisotopic (exact) mass is 564 g/mol. The lowest BCUT2D eigenvalue weighted by Crippen LogP contribution is -2.46. The molecule has 0 bridgehead atoms. The van der Waals surface area contributed by atoms with E-state index in [1.807, 2.05) is 0 Å². The van der Waals surface area contributed by atoms with Crippen LogP contribution in [0.3, 0.4) is 0 Å². The van der Waals surface area contributed by atoms with E-state index in [-0.39, 0.29) is 18.4 Å². The van der Waals surface area contributed by atoms with E-state index in [0.29, 0.717) is 81.2 Å². The number of nitrogens with zero attached hydrogens (tertiary/aromatic N) is 2. The second-order valence-electron chi connectivity index (χ2n) is 10.3. The highest BCUT2D eigenvalue weighted by atomic mass is 16.2. The van der Waals surface area contributed by atoms with Crippen molar-refractivity contribution in [2.45, 2.75) is 6.42 Å². The van der Waals surface area contributed by atoms with Crippen molar-refractivity contribution in [3.05, 3.63) is 82.9 Å². The zero-order valence-corrected chi connectivity index (χ0v) is 22.6. The average Bonchev–Trinajstić information content (AvgIpc) is 2.99. The lowest BCUT2D eigenvalue weighted by atomic mass is 9.93. The second kappa shape index (κ2) is 10.6. The summed E-state index contributed by atoms with van der Waals surface area (Å²) in [4.78, 5) is 66.9.